The molecule has 2 aromatic carbocycles. The molecule has 3 rings (SSSR count). The molecule has 26 heavy (non-hydrogen) atoms. The summed E-state index contributed by atoms with van der Waals surface area (Å²) in [5.74, 6) is -0.963. The highest BCUT2D eigenvalue weighted by Crippen LogP contribution is 2.34. The number of carbonyl (C=O) groups is 2. The van der Waals surface area contributed by atoms with Crippen molar-refractivity contribution in [2.75, 3.05) is 0 Å². The molecule has 1 atom stereocenters. The smallest absolute Gasteiger partial charge is 0.319 e. The summed E-state index contributed by atoms with van der Waals surface area (Å²) in [7, 11) is 0. The Hall–Kier alpha value is -3.20. The summed E-state index contributed by atoms with van der Waals surface area (Å²) in [5.41, 5.74) is -0.0330. The van der Waals surface area contributed by atoms with E-state index >= 15 is 0 Å². The second-order valence-corrected chi connectivity index (χ2v) is 6.26. The lowest BCUT2D eigenvalue weighted by Crippen LogP contribution is -2.43. The fraction of sp³-hybridized carbons (Fsp3) is 0.250. The van der Waals surface area contributed by atoms with E-state index in [2.05, 4.69) is 5.32 Å². The van der Waals surface area contributed by atoms with Crippen LogP contribution in [0.1, 0.15) is 36.5 Å². The molecule has 132 valence electrons. The molecule has 1 N–H and O–H groups in total. The first-order chi connectivity index (χ1) is 12.5. The van der Waals surface area contributed by atoms with Crippen molar-refractivity contribution in [2.24, 2.45) is 0 Å². The molecule has 3 amide bonds. The maximum absolute atomic E-state index is 14.1. The molecule has 1 heterocycles. The summed E-state index contributed by atoms with van der Waals surface area (Å²) < 4.78 is 14.1. The zero-order valence-electron chi connectivity index (χ0n) is 14.3. The van der Waals surface area contributed by atoms with Gasteiger partial charge in [0.05, 0.1) is 18.2 Å². The maximum atomic E-state index is 14.1. The van der Waals surface area contributed by atoms with Crippen LogP contribution in [0.2, 0.25) is 0 Å². The van der Waals surface area contributed by atoms with Crippen molar-refractivity contribution >= 4 is 11.9 Å². The van der Waals surface area contributed by atoms with Crippen molar-refractivity contribution in [3.05, 3.63) is 71.0 Å². The molecule has 1 saturated heterocycles. The molecule has 0 aromatic heterocycles. The highest BCUT2D eigenvalue weighted by molar-refractivity contribution is 6.07. The largest absolute Gasteiger partial charge is 0.325 e. The fourth-order valence-corrected chi connectivity index (χ4v) is 3.31. The quantitative estimate of drug-likeness (QED) is 0.839. The minimum absolute atomic E-state index is 0.132. The Kier molecular flexibility index (Phi) is 4.72. The molecule has 1 aliphatic rings. The summed E-state index contributed by atoms with van der Waals surface area (Å²) in [6.07, 6.45) is 1.13. The number of urea groups is 1. The lowest BCUT2D eigenvalue weighted by molar-refractivity contribution is -0.132. The number of nitrogens with zero attached hydrogens (tertiary/aromatic N) is 2. The van der Waals surface area contributed by atoms with Crippen LogP contribution in [0.5, 0.6) is 0 Å². The molecule has 0 aliphatic carbocycles. The second-order valence-electron chi connectivity index (χ2n) is 6.26. The zero-order chi connectivity index (χ0) is 18.7. The van der Waals surface area contributed by atoms with Gasteiger partial charge in [-0.05, 0) is 30.2 Å². The van der Waals surface area contributed by atoms with Crippen LogP contribution in [0.25, 0.3) is 0 Å². The minimum Gasteiger partial charge on any atom is -0.319 e. The molecule has 6 heteroatoms. The third kappa shape index (κ3) is 2.93. The SMILES string of the molecule is CCCC1(c2ccccc2)NC(=O)N(Cc2cc(C#N)ccc2F)C1=O. The van der Waals surface area contributed by atoms with Gasteiger partial charge in [0, 0.05) is 5.56 Å². The highest BCUT2D eigenvalue weighted by Gasteiger charge is 2.51. The fourth-order valence-electron chi connectivity index (χ4n) is 3.31. The van der Waals surface area contributed by atoms with Crippen LogP contribution < -0.4 is 5.32 Å². The molecule has 5 nitrogen and oxygen atoms in total. The van der Waals surface area contributed by atoms with Gasteiger partial charge in [0.25, 0.3) is 5.91 Å². The summed E-state index contributed by atoms with van der Waals surface area (Å²) in [6, 6.07) is 14.3. The lowest BCUT2D eigenvalue weighted by Gasteiger charge is -2.27. The minimum atomic E-state index is -1.14. The number of hydrogen-bond acceptors (Lipinski definition) is 3. The van der Waals surface area contributed by atoms with Gasteiger partial charge in [0.2, 0.25) is 0 Å². The average molecular weight is 351 g/mol. The van der Waals surface area contributed by atoms with E-state index in [1.807, 2.05) is 31.2 Å². The first kappa shape index (κ1) is 17.6. The zero-order valence-corrected chi connectivity index (χ0v) is 14.3. The lowest BCUT2D eigenvalue weighted by atomic mass is 9.85. The number of nitriles is 1. The van der Waals surface area contributed by atoms with E-state index in [4.69, 9.17) is 5.26 Å². The number of hydrogen-bond donors (Lipinski definition) is 1. The number of amides is 3. The van der Waals surface area contributed by atoms with Crippen molar-refractivity contribution in [2.45, 2.75) is 31.8 Å². The van der Waals surface area contributed by atoms with Crippen LogP contribution in [-0.4, -0.2) is 16.8 Å². The Labute approximate surface area is 151 Å². The molecule has 1 aliphatic heterocycles. The molecule has 0 bridgehead atoms. The van der Waals surface area contributed by atoms with Gasteiger partial charge < -0.3 is 5.32 Å². The van der Waals surface area contributed by atoms with Gasteiger partial charge in [0.15, 0.2) is 0 Å². The van der Waals surface area contributed by atoms with E-state index in [9.17, 15) is 14.0 Å². The number of carbonyl (C=O) groups excluding carboxylic acids is 2. The van der Waals surface area contributed by atoms with E-state index < -0.39 is 23.3 Å². The summed E-state index contributed by atoms with van der Waals surface area (Å²) >= 11 is 0. The summed E-state index contributed by atoms with van der Waals surface area (Å²) in [5, 5.41) is 11.8. The Bertz CT molecular complexity index is 892. The Morgan fingerprint density at radius 1 is 1.19 bits per heavy atom. The predicted molar refractivity (Wildman–Crippen MR) is 93.2 cm³/mol. The first-order valence-electron chi connectivity index (χ1n) is 8.40. The van der Waals surface area contributed by atoms with Gasteiger partial charge in [0.1, 0.15) is 11.4 Å². The van der Waals surface area contributed by atoms with Crippen molar-refractivity contribution in [1.82, 2.24) is 10.2 Å². The van der Waals surface area contributed by atoms with E-state index in [0.29, 0.717) is 18.4 Å². The topological polar surface area (TPSA) is 73.2 Å². The highest BCUT2D eigenvalue weighted by atomic mass is 19.1. The average Bonchev–Trinajstić information content (AvgIpc) is 2.89. The van der Waals surface area contributed by atoms with Crippen LogP contribution in [-0.2, 0) is 16.9 Å². The molecule has 0 radical (unpaired) electrons. The number of benzene rings is 2. The maximum Gasteiger partial charge on any atom is 0.325 e. The Morgan fingerprint density at radius 3 is 2.58 bits per heavy atom. The summed E-state index contributed by atoms with van der Waals surface area (Å²) in [4.78, 5) is 26.7. The van der Waals surface area contributed by atoms with Crippen LogP contribution in [0, 0.1) is 17.1 Å². The van der Waals surface area contributed by atoms with Crippen LogP contribution >= 0.6 is 0 Å². The predicted octanol–water partition coefficient (Wildman–Crippen LogP) is 3.44. The van der Waals surface area contributed by atoms with Crippen molar-refractivity contribution in [3.8, 4) is 6.07 Å². The molecular weight excluding hydrogens is 333 g/mol. The second kappa shape index (κ2) is 6.96. The normalized spacial score (nSPS) is 19.3. The molecule has 0 spiro atoms. The van der Waals surface area contributed by atoms with Crippen molar-refractivity contribution in [1.29, 1.82) is 5.26 Å². The van der Waals surface area contributed by atoms with E-state index in [1.165, 1.54) is 18.2 Å². The van der Waals surface area contributed by atoms with Gasteiger partial charge in [-0.25, -0.2) is 9.18 Å². The number of rotatable bonds is 5. The molecular formula is C20H18FN3O2. The molecule has 1 unspecified atom stereocenters. The molecule has 1 fully saturated rings. The number of halogens is 1. The van der Waals surface area contributed by atoms with Gasteiger partial charge >= 0.3 is 6.03 Å². The first-order valence-corrected chi connectivity index (χ1v) is 8.40. The Balaban J connectivity index is 1.97. The monoisotopic (exact) mass is 351 g/mol. The van der Waals surface area contributed by atoms with E-state index in [1.54, 1.807) is 12.1 Å². The third-order valence-corrected chi connectivity index (χ3v) is 4.57. The Morgan fingerprint density at radius 2 is 1.92 bits per heavy atom. The van der Waals surface area contributed by atoms with E-state index in [0.717, 1.165) is 4.90 Å². The van der Waals surface area contributed by atoms with Gasteiger partial charge in [-0.1, -0.05) is 43.7 Å². The number of imide groups is 1. The molecule has 2 aromatic rings. The summed E-state index contributed by atoms with van der Waals surface area (Å²) in [6.45, 7) is 1.72. The number of nitrogens with one attached hydrogen (secondary N) is 1. The van der Waals surface area contributed by atoms with Crippen molar-refractivity contribution in [3.63, 3.8) is 0 Å². The van der Waals surface area contributed by atoms with Crippen molar-refractivity contribution < 1.29 is 14.0 Å². The standard InChI is InChI=1S/C20H18FN3O2/c1-2-10-20(16-6-4-3-5-7-16)18(25)24(19(26)23-20)13-15-11-14(12-22)8-9-17(15)21/h3-9,11H,2,10,13H2,1H3,(H,23,26). The van der Waals surface area contributed by atoms with Crippen LogP contribution in [0.3, 0.4) is 0 Å². The van der Waals surface area contributed by atoms with Gasteiger partial charge in [-0.15, -0.1) is 0 Å². The van der Waals surface area contributed by atoms with E-state index in [-0.39, 0.29) is 17.7 Å². The van der Waals surface area contributed by atoms with Crippen LogP contribution in [0.4, 0.5) is 9.18 Å². The van der Waals surface area contributed by atoms with Gasteiger partial charge in [-0.3, -0.25) is 9.69 Å². The molecule has 0 saturated carbocycles. The van der Waals surface area contributed by atoms with Gasteiger partial charge in [-0.2, -0.15) is 5.26 Å². The third-order valence-electron chi connectivity index (χ3n) is 4.57. The van der Waals surface area contributed by atoms with Crippen LogP contribution in [0.15, 0.2) is 48.5 Å².